The van der Waals surface area contributed by atoms with E-state index in [1.165, 1.54) is 238 Å². The number of rotatable bonds is 63. The van der Waals surface area contributed by atoms with Gasteiger partial charge in [-0.25, -0.2) is 0 Å². The maximum absolute atomic E-state index is 13.6. The predicted octanol–water partition coefficient (Wildman–Crippen LogP) is 20.8. The smallest absolute Gasteiger partial charge is 0.306 e. The van der Waals surface area contributed by atoms with Gasteiger partial charge in [0.05, 0.1) is 33.8 Å². The van der Waals surface area contributed by atoms with Crippen LogP contribution in [0.25, 0.3) is 0 Å². The molecule has 1 N–H and O–H groups in total. The molecule has 0 aromatic heterocycles. The Balaban J connectivity index is 5.00. The summed E-state index contributed by atoms with van der Waals surface area (Å²) < 4.78 is 30.4. The van der Waals surface area contributed by atoms with Crippen LogP contribution in [-0.4, -0.2) is 69.4 Å². The van der Waals surface area contributed by atoms with Gasteiger partial charge in [0.15, 0.2) is 0 Å². The van der Waals surface area contributed by atoms with Crippen molar-refractivity contribution in [2.75, 3.05) is 40.9 Å². The van der Waals surface area contributed by atoms with Gasteiger partial charge in [-0.3, -0.25) is 14.2 Å². The second-order valence-electron chi connectivity index (χ2n) is 24.7. The molecule has 0 aliphatic rings. The Morgan fingerprint density at radius 1 is 0.430 bits per heavy atom. The number of unbranched alkanes of at least 4 members (excludes halogenated alkanes) is 43. The number of ether oxygens (including phenoxy) is 1. The summed E-state index contributed by atoms with van der Waals surface area (Å²) in [6.07, 6.45) is 72.7. The SMILES string of the molecule is CCCCCCCC/C=C\CCCCCC(=O)OC(/C=C\CCCCCCCCCCCCC)C(COP(=O)([O-])OCC[N+](C)(C)C)NC(=O)CCCCCCCCCCCCCCCCCCC/C=C/CCCCCCCC. The van der Waals surface area contributed by atoms with Gasteiger partial charge in [-0.2, -0.15) is 0 Å². The average molecular weight is 1130 g/mol. The Bertz CT molecular complexity index is 1450. The quantitative estimate of drug-likeness (QED) is 0.0212. The van der Waals surface area contributed by atoms with Gasteiger partial charge < -0.3 is 28.5 Å². The second-order valence-corrected chi connectivity index (χ2v) is 26.1. The molecule has 466 valence electrons. The van der Waals surface area contributed by atoms with Crippen LogP contribution < -0.4 is 10.2 Å². The molecule has 0 aromatic rings. The van der Waals surface area contributed by atoms with E-state index in [4.69, 9.17) is 13.8 Å². The fraction of sp³-hybridized carbons (Fsp3) is 0.884. The van der Waals surface area contributed by atoms with Crippen molar-refractivity contribution in [2.45, 2.75) is 354 Å². The van der Waals surface area contributed by atoms with Crippen LogP contribution in [0.15, 0.2) is 36.5 Å². The average Bonchev–Trinajstić information content (AvgIpc) is 3.41. The predicted molar refractivity (Wildman–Crippen MR) is 340 cm³/mol. The number of carbonyl (C=O) groups excluding carboxylic acids is 2. The summed E-state index contributed by atoms with van der Waals surface area (Å²) in [4.78, 5) is 40.0. The Morgan fingerprint density at radius 3 is 1.09 bits per heavy atom. The zero-order valence-electron chi connectivity index (χ0n) is 53.3. The molecular formula is C69H133N2O7P. The molecule has 79 heavy (non-hydrogen) atoms. The van der Waals surface area contributed by atoms with Crippen molar-refractivity contribution >= 4 is 19.7 Å². The number of nitrogens with one attached hydrogen (secondary N) is 1. The van der Waals surface area contributed by atoms with E-state index >= 15 is 0 Å². The lowest BCUT2D eigenvalue weighted by molar-refractivity contribution is -0.870. The zero-order chi connectivity index (χ0) is 57.9. The second kappa shape index (κ2) is 59.4. The summed E-state index contributed by atoms with van der Waals surface area (Å²) in [5, 5.41) is 3.04. The molecule has 0 heterocycles. The number of carbonyl (C=O) groups is 2. The van der Waals surface area contributed by atoms with E-state index in [9.17, 15) is 19.0 Å². The first-order chi connectivity index (χ1) is 38.4. The highest BCUT2D eigenvalue weighted by atomic mass is 31.2. The van der Waals surface area contributed by atoms with E-state index in [-0.39, 0.29) is 31.5 Å². The molecule has 0 spiro atoms. The van der Waals surface area contributed by atoms with Crippen molar-refractivity contribution in [3.05, 3.63) is 36.5 Å². The van der Waals surface area contributed by atoms with Crippen LogP contribution in [0, 0.1) is 0 Å². The van der Waals surface area contributed by atoms with Crippen molar-refractivity contribution in [2.24, 2.45) is 0 Å². The standard InChI is InChI=1S/C69H133N2O7P/c1-7-10-13-16-19-22-25-28-29-30-31-32-33-34-35-36-37-38-39-40-41-44-46-49-52-55-58-61-68(72)70-66(65-77-79(74,75)76-64-63-71(4,5)6)67(60-57-54-51-48-45-42-26-23-20-17-14-11-8-2)78-69(73)62-59-56-53-50-47-43-27-24-21-18-15-12-9-3/h28-29,43,47,57,60,66-67H,7-27,30-42,44-46,48-56,58-59,61-65H2,1-6H3,(H-,70,72,74,75)/b29-28+,47-43-,60-57-. The number of phosphoric ester groups is 1. The number of allylic oxidation sites excluding steroid dienone is 5. The number of hydrogen-bond donors (Lipinski definition) is 1. The van der Waals surface area contributed by atoms with Crippen molar-refractivity contribution in [3.63, 3.8) is 0 Å². The molecule has 0 rings (SSSR count). The van der Waals surface area contributed by atoms with Crippen molar-refractivity contribution < 1.29 is 37.3 Å². The van der Waals surface area contributed by atoms with Crippen molar-refractivity contribution in [1.29, 1.82) is 0 Å². The van der Waals surface area contributed by atoms with Gasteiger partial charge in [0.1, 0.15) is 19.3 Å². The lowest BCUT2D eigenvalue weighted by Gasteiger charge is -2.30. The molecular weight excluding hydrogens is 1000 g/mol. The van der Waals surface area contributed by atoms with E-state index in [0.717, 1.165) is 64.2 Å². The highest BCUT2D eigenvalue weighted by molar-refractivity contribution is 7.45. The van der Waals surface area contributed by atoms with Crippen LogP contribution in [0.1, 0.15) is 342 Å². The Kier molecular flexibility index (Phi) is 58.1. The number of phosphoric acid groups is 1. The van der Waals surface area contributed by atoms with E-state index in [1.54, 1.807) is 0 Å². The topological polar surface area (TPSA) is 114 Å². The normalized spacial score (nSPS) is 13.8. The zero-order valence-corrected chi connectivity index (χ0v) is 54.2. The molecule has 0 fully saturated rings. The van der Waals surface area contributed by atoms with Crippen molar-refractivity contribution in [3.8, 4) is 0 Å². The minimum atomic E-state index is -4.70. The third-order valence-electron chi connectivity index (χ3n) is 15.5. The molecule has 0 aliphatic heterocycles. The summed E-state index contributed by atoms with van der Waals surface area (Å²) in [5.74, 6) is -0.544. The third kappa shape index (κ3) is 60.6. The molecule has 3 unspecified atom stereocenters. The molecule has 10 heteroatoms. The van der Waals surface area contributed by atoms with E-state index in [1.807, 2.05) is 33.3 Å². The van der Waals surface area contributed by atoms with E-state index in [2.05, 4.69) is 50.4 Å². The molecule has 0 aromatic carbocycles. The van der Waals surface area contributed by atoms with E-state index < -0.39 is 20.0 Å². The minimum Gasteiger partial charge on any atom is -0.756 e. The van der Waals surface area contributed by atoms with Gasteiger partial charge >= 0.3 is 5.97 Å². The van der Waals surface area contributed by atoms with Crippen LogP contribution in [0.4, 0.5) is 0 Å². The summed E-state index contributed by atoms with van der Waals surface area (Å²) in [7, 11) is 1.19. The summed E-state index contributed by atoms with van der Waals surface area (Å²) in [6.45, 7) is 6.87. The highest BCUT2D eigenvalue weighted by Crippen LogP contribution is 2.38. The molecule has 0 aliphatic carbocycles. The van der Waals surface area contributed by atoms with Crippen LogP contribution in [0.3, 0.4) is 0 Å². The molecule has 9 nitrogen and oxygen atoms in total. The fourth-order valence-corrected chi connectivity index (χ4v) is 10.9. The molecule has 3 atom stereocenters. The minimum absolute atomic E-state index is 0.0219. The van der Waals surface area contributed by atoms with Crippen LogP contribution in [0.2, 0.25) is 0 Å². The third-order valence-corrected chi connectivity index (χ3v) is 16.5. The number of likely N-dealkylation sites (N-methyl/N-ethyl adjacent to an activating group) is 1. The number of quaternary nitrogens is 1. The Hall–Kier alpha value is -1.77. The van der Waals surface area contributed by atoms with Gasteiger partial charge in [-0.15, -0.1) is 0 Å². The maximum atomic E-state index is 13.6. The molecule has 0 bridgehead atoms. The maximum Gasteiger partial charge on any atom is 0.306 e. The number of esters is 1. The number of amides is 1. The monoisotopic (exact) mass is 1130 g/mol. The largest absolute Gasteiger partial charge is 0.756 e. The van der Waals surface area contributed by atoms with Gasteiger partial charge in [0.25, 0.3) is 7.82 Å². The van der Waals surface area contributed by atoms with Gasteiger partial charge in [-0.1, -0.05) is 282 Å². The van der Waals surface area contributed by atoms with Crippen LogP contribution >= 0.6 is 7.82 Å². The van der Waals surface area contributed by atoms with Crippen LogP contribution in [0.5, 0.6) is 0 Å². The van der Waals surface area contributed by atoms with Gasteiger partial charge in [0.2, 0.25) is 5.91 Å². The fourth-order valence-electron chi connectivity index (χ4n) is 10.2. The lowest BCUT2D eigenvalue weighted by Crippen LogP contribution is -2.47. The number of nitrogens with zero attached hydrogens (tertiary/aromatic N) is 1. The first kappa shape index (κ1) is 77.2. The van der Waals surface area contributed by atoms with Crippen LogP contribution in [-0.2, 0) is 27.9 Å². The first-order valence-corrected chi connectivity index (χ1v) is 35.8. The Labute approximate surface area is 491 Å². The summed E-state index contributed by atoms with van der Waals surface area (Å²) >= 11 is 0. The lowest BCUT2D eigenvalue weighted by atomic mass is 10.0. The van der Waals surface area contributed by atoms with E-state index in [0.29, 0.717) is 23.9 Å². The molecule has 0 saturated carbocycles. The number of hydrogen-bond acceptors (Lipinski definition) is 7. The van der Waals surface area contributed by atoms with Gasteiger partial charge in [-0.05, 0) is 83.1 Å². The van der Waals surface area contributed by atoms with Gasteiger partial charge in [0, 0.05) is 12.8 Å². The first-order valence-electron chi connectivity index (χ1n) is 34.3. The molecule has 1 amide bonds. The molecule has 0 radical (unpaired) electrons. The summed E-state index contributed by atoms with van der Waals surface area (Å²) in [6, 6.07) is -0.891. The Morgan fingerprint density at radius 2 is 0.734 bits per heavy atom. The molecule has 0 saturated heterocycles. The van der Waals surface area contributed by atoms with Crippen molar-refractivity contribution in [1.82, 2.24) is 5.32 Å². The highest BCUT2D eigenvalue weighted by Gasteiger charge is 2.27. The summed E-state index contributed by atoms with van der Waals surface area (Å²) in [5.41, 5.74) is 0.